The molecule has 0 spiro atoms. The molecule has 1 heterocycles. The van der Waals surface area contributed by atoms with E-state index in [1.165, 1.54) is 0 Å². The molecule has 1 rings (SSSR count). The third kappa shape index (κ3) is 8.52. The number of halogens is 4. The van der Waals surface area contributed by atoms with Crippen molar-refractivity contribution in [3.8, 4) is 6.07 Å². The Bertz CT molecular complexity index is 325. The SMILES string of the molecule is C[n+]1cccc(C#N)c1.F[B-](F)(F)F. The lowest BCUT2D eigenvalue weighted by atomic mass is 10.3. The zero-order valence-electron chi connectivity index (χ0n) is 7.29. The van der Waals surface area contributed by atoms with Crippen LogP contribution in [0, 0.1) is 11.3 Å². The molecule has 0 amide bonds. The maximum atomic E-state index is 9.75. The van der Waals surface area contributed by atoms with Gasteiger partial charge < -0.3 is 17.3 Å². The molecule has 0 aliphatic carbocycles. The van der Waals surface area contributed by atoms with Crippen LogP contribution in [-0.2, 0) is 7.05 Å². The number of nitrogens with zero attached hydrogens (tertiary/aromatic N) is 2. The quantitative estimate of drug-likeness (QED) is 0.360. The van der Waals surface area contributed by atoms with Gasteiger partial charge in [0.15, 0.2) is 12.4 Å². The van der Waals surface area contributed by atoms with E-state index >= 15 is 0 Å². The van der Waals surface area contributed by atoms with Gasteiger partial charge in [-0.25, -0.2) is 4.57 Å². The summed E-state index contributed by atoms with van der Waals surface area (Å²) >= 11 is 0. The van der Waals surface area contributed by atoms with E-state index in [4.69, 9.17) is 5.26 Å². The minimum atomic E-state index is -6.00. The van der Waals surface area contributed by atoms with Crippen molar-refractivity contribution in [3.63, 3.8) is 0 Å². The Kier molecular flexibility index (Phi) is 4.63. The van der Waals surface area contributed by atoms with E-state index in [1.54, 1.807) is 12.3 Å². The average molecular weight is 206 g/mol. The molecule has 0 saturated carbocycles. The summed E-state index contributed by atoms with van der Waals surface area (Å²) in [4.78, 5) is 0. The molecule has 2 nitrogen and oxygen atoms in total. The van der Waals surface area contributed by atoms with Crippen molar-refractivity contribution < 1.29 is 21.8 Å². The Morgan fingerprint density at radius 1 is 1.36 bits per heavy atom. The van der Waals surface area contributed by atoms with Crippen molar-refractivity contribution in [3.05, 3.63) is 30.1 Å². The first-order valence-electron chi connectivity index (χ1n) is 3.55. The predicted octanol–water partition coefficient (Wildman–Crippen LogP) is 1.68. The van der Waals surface area contributed by atoms with Crippen LogP contribution in [0.4, 0.5) is 17.3 Å². The van der Waals surface area contributed by atoms with Gasteiger partial charge in [0.1, 0.15) is 18.7 Å². The van der Waals surface area contributed by atoms with Gasteiger partial charge in [-0.05, 0) is 6.07 Å². The number of rotatable bonds is 0. The summed E-state index contributed by atoms with van der Waals surface area (Å²) in [6.07, 6.45) is 3.67. The van der Waals surface area contributed by atoms with Gasteiger partial charge >= 0.3 is 7.25 Å². The van der Waals surface area contributed by atoms with Crippen LogP contribution >= 0.6 is 0 Å². The molecule has 76 valence electrons. The topological polar surface area (TPSA) is 27.7 Å². The van der Waals surface area contributed by atoms with Crippen molar-refractivity contribution in [2.75, 3.05) is 0 Å². The minimum Gasteiger partial charge on any atom is -0.418 e. The van der Waals surface area contributed by atoms with Crippen molar-refractivity contribution in [1.29, 1.82) is 5.26 Å². The third-order valence-corrected chi connectivity index (χ3v) is 1.07. The Labute approximate surface area is 78.5 Å². The summed E-state index contributed by atoms with van der Waals surface area (Å²) in [5.74, 6) is 0. The predicted molar refractivity (Wildman–Crippen MR) is 42.5 cm³/mol. The fraction of sp³-hybridized carbons (Fsp3) is 0.143. The van der Waals surface area contributed by atoms with Crippen molar-refractivity contribution in [1.82, 2.24) is 0 Å². The van der Waals surface area contributed by atoms with Crippen LogP contribution in [0.1, 0.15) is 5.56 Å². The molecular formula is C7H7BF4N2. The van der Waals surface area contributed by atoms with Crippen LogP contribution in [-0.4, -0.2) is 7.25 Å². The summed E-state index contributed by atoms with van der Waals surface area (Å²) in [5, 5.41) is 8.40. The number of aromatic nitrogens is 1. The minimum absolute atomic E-state index is 0.694. The zero-order chi connectivity index (χ0) is 11.2. The van der Waals surface area contributed by atoms with Crippen LogP contribution in [0.5, 0.6) is 0 Å². The number of hydrogen-bond acceptors (Lipinski definition) is 1. The number of hydrogen-bond donors (Lipinski definition) is 0. The van der Waals surface area contributed by atoms with Crippen LogP contribution in [0.3, 0.4) is 0 Å². The number of pyridine rings is 1. The summed E-state index contributed by atoms with van der Waals surface area (Å²) in [5.41, 5.74) is 0.694. The molecular weight excluding hydrogens is 199 g/mol. The first kappa shape index (κ1) is 12.4. The first-order valence-corrected chi connectivity index (χ1v) is 3.55. The molecule has 1 aromatic heterocycles. The highest BCUT2D eigenvalue weighted by Crippen LogP contribution is 2.06. The standard InChI is InChI=1S/C7H7N2.BF4/c1-9-4-2-3-7(5-8)6-9;2-1(3,4)5/h2-4,6H,1H3;/q+1;-1. The van der Waals surface area contributed by atoms with E-state index < -0.39 is 7.25 Å². The molecule has 14 heavy (non-hydrogen) atoms. The molecule has 1 aromatic rings. The second-order valence-corrected chi connectivity index (χ2v) is 2.36. The highest BCUT2D eigenvalue weighted by Gasteiger charge is 2.20. The van der Waals surface area contributed by atoms with Gasteiger partial charge in [0.05, 0.1) is 0 Å². The molecule has 0 unspecified atom stereocenters. The molecule has 0 aliphatic rings. The van der Waals surface area contributed by atoms with Gasteiger partial charge in [-0.1, -0.05) is 0 Å². The largest absolute Gasteiger partial charge is 0.673 e. The number of aryl methyl sites for hydroxylation is 1. The Hall–Kier alpha value is -1.58. The van der Waals surface area contributed by atoms with Crippen molar-refractivity contribution in [2.45, 2.75) is 0 Å². The van der Waals surface area contributed by atoms with Crippen LogP contribution in [0.25, 0.3) is 0 Å². The lowest BCUT2D eigenvalue weighted by molar-refractivity contribution is -0.671. The number of nitriles is 1. The van der Waals surface area contributed by atoms with Gasteiger partial charge in [0.25, 0.3) is 0 Å². The second kappa shape index (κ2) is 5.22. The van der Waals surface area contributed by atoms with E-state index in [1.807, 2.05) is 29.9 Å². The Morgan fingerprint density at radius 3 is 2.14 bits per heavy atom. The fourth-order valence-corrected chi connectivity index (χ4v) is 0.654. The Balaban J connectivity index is 0.000000292. The van der Waals surface area contributed by atoms with Gasteiger partial charge in [-0.2, -0.15) is 5.26 Å². The van der Waals surface area contributed by atoms with Crippen LogP contribution in [0.15, 0.2) is 24.5 Å². The van der Waals surface area contributed by atoms with E-state index in [0.717, 1.165) is 0 Å². The highest BCUT2D eigenvalue weighted by atomic mass is 19.5. The normalized spacial score (nSPS) is 9.71. The van der Waals surface area contributed by atoms with E-state index in [2.05, 4.69) is 0 Å². The Morgan fingerprint density at radius 2 is 1.86 bits per heavy atom. The average Bonchev–Trinajstić information content (AvgIpc) is 2.01. The van der Waals surface area contributed by atoms with Gasteiger partial charge in [-0.15, -0.1) is 0 Å². The van der Waals surface area contributed by atoms with Crippen LogP contribution < -0.4 is 4.57 Å². The molecule has 0 bridgehead atoms. The van der Waals surface area contributed by atoms with Crippen LogP contribution in [0.2, 0.25) is 0 Å². The molecule has 0 aromatic carbocycles. The second-order valence-electron chi connectivity index (χ2n) is 2.36. The van der Waals surface area contributed by atoms with Crippen molar-refractivity contribution >= 4 is 7.25 Å². The van der Waals surface area contributed by atoms with E-state index in [-0.39, 0.29) is 0 Å². The highest BCUT2D eigenvalue weighted by molar-refractivity contribution is 6.50. The van der Waals surface area contributed by atoms with Gasteiger partial charge in [0.2, 0.25) is 0 Å². The lowest BCUT2D eigenvalue weighted by Gasteiger charge is -1.94. The molecule has 0 aliphatic heterocycles. The maximum absolute atomic E-state index is 9.75. The van der Waals surface area contributed by atoms with E-state index in [9.17, 15) is 17.3 Å². The summed E-state index contributed by atoms with van der Waals surface area (Å²) in [6, 6.07) is 5.67. The van der Waals surface area contributed by atoms with Gasteiger partial charge in [0, 0.05) is 6.07 Å². The summed E-state index contributed by atoms with van der Waals surface area (Å²) < 4.78 is 40.8. The maximum Gasteiger partial charge on any atom is 0.673 e. The van der Waals surface area contributed by atoms with Gasteiger partial charge in [-0.3, -0.25) is 0 Å². The molecule has 0 N–H and O–H groups in total. The first-order chi connectivity index (χ1) is 6.33. The molecule has 0 atom stereocenters. The molecule has 7 heteroatoms. The smallest absolute Gasteiger partial charge is 0.418 e. The summed E-state index contributed by atoms with van der Waals surface area (Å²) in [6.45, 7) is 0. The zero-order valence-corrected chi connectivity index (χ0v) is 7.29. The fourth-order valence-electron chi connectivity index (χ4n) is 0.654. The molecule has 0 saturated heterocycles. The van der Waals surface area contributed by atoms with E-state index in [0.29, 0.717) is 5.56 Å². The summed E-state index contributed by atoms with van der Waals surface area (Å²) in [7, 11) is -4.11. The van der Waals surface area contributed by atoms with Crippen molar-refractivity contribution in [2.24, 2.45) is 7.05 Å². The monoisotopic (exact) mass is 206 g/mol. The third-order valence-electron chi connectivity index (χ3n) is 1.07. The lowest BCUT2D eigenvalue weighted by Crippen LogP contribution is -2.26. The molecule has 0 fully saturated rings. The molecule has 0 radical (unpaired) electrons.